The quantitative estimate of drug-likeness (QED) is 0.417. The van der Waals surface area contributed by atoms with E-state index in [1.165, 1.54) is 0 Å². The van der Waals surface area contributed by atoms with Crippen molar-refractivity contribution in [2.45, 2.75) is 19.8 Å². The first-order chi connectivity index (χ1) is 16.2. The fourth-order valence-corrected chi connectivity index (χ4v) is 4.01. The predicted molar refractivity (Wildman–Crippen MR) is 124 cm³/mol. The average Bonchev–Trinajstić information content (AvgIpc) is 2.85. The van der Waals surface area contributed by atoms with Crippen molar-refractivity contribution in [2.75, 3.05) is 48.5 Å². The van der Waals surface area contributed by atoms with Crippen LogP contribution in [-0.2, 0) is 4.74 Å². The molecule has 0 bridgehead atoms. The largest absolute Gasteiger partial charge is 0.378 e. The Hall–Kier alpha value is -3.79. The number of benzene rings is 2. The number of hydrazine groups is 1. The minimum Gasteiger partial charge on any atom is -0.378 e. The lowest BCUT2D eigenvalue weighted by atomic mass is 9.95. The Morgan fingerprint density at radius 2 is 1.61 bits per heavy atom. The zero-order valence-electron chi connectivity index (χ0n) is 18.4. The fraction of sp³-hybridized carbons (Fsp3) is 0.348. The molecule has 0 atom stereocenters. The molecule has 2 aliphatic rings. The van der Waals surface area contributed by atoms with Crippen molar-refractivity contribution in [1.82, 2.24) is 20.0 Å². The number of amides is 2. The Morgan fingerprint density at radius 3 is 2.27 bits per heavy atom. The van der Waals surface area contributed by atoms with Crippen LogP contribution in [0, 0.1) is 0 Å². The molecule has 2 aromatic carbocycles. The van der Waals surface area contributed by atoms with E-state index in [4.69, 9.17) is 4.74 Å². The maximum Gasteiger partial charge on any atom is 0.280 e. The molecule has 33 heavy (non-hydrogen) atoms. The van der Waals surface area contributed by atoms with Crippen molar-refractivity contribution in [3.8, 4) is 0 Å². The molecule has 1 saturated heterocycles. The Balaban J connectivity index is 1.48. The average molecular weight is 447 g/mol. The number of hydrogen-bond donors (Lipinski definition) is 2. The first-order valence-corrected chi connectivity index (χ1v) is 11.2. The number of hydrogen-bond acceptors (Lipinski definition) is 9. The number of aromatic nitrogens is 3. The summed E-state index contributed by atoms with van der Waals surface area (Å²) in [5, 5.41) is 5.70. The lowest BCUT2D eigenvalue weighted by Crippen LogP contribution is -2.45. The van der Waals surface area contributed by atoms with Gasteiger partial charge in [0.25, 0.3) is 11.8 Å². The molecular weight excluding hydrogens is 422 g/mol. The van der Waals surface area contributed by atoms with Crippen LogP contribution in [0.15, 0.2) is 36.4 Å². The van der Waals surface area contributed by atoms with Gasteiger partial charge in [0.05, 0.1) is 24.3 Å². The lowest BCUT2D eigenvalue weighted by Gasteiger charge is -2.29. The number of carbonyl (C=O) groups is 2. The number of anilines is 3. The number of rotatable bonds is 7. The van der Waals surface area contributed by atoms with Crippen molar-refractivity contribution in [3.63, 3.8) is 0 Å². The summed E-state index contributed by atoms with van der Waals surface area (Å²) in [7, 11) is 0. The number of ether oxygens (including phenoxy) is 1. The van der Waals surface area contributed by atoms with Crippen molar-refractivity contribution < 1.29 is 14.3 Å². The minimum atomic E-state index is -0.446. The maximum absolute atomic E-state index is 13.2. The van der Waals surface area contributed by atoms with Gasteiger partial charge in [-0.1, -0.05) is 37.6 Å². The molecule has 0 aliphatic carbocycles. The van der Waals surface area contributed by atoms with Gasteiger partial charge in [0.15, 0.2) is 0 Å². The lowest BCUT2D eigenvalue weighted by molar-refractivity contribution is 0.0647. The summed E-state index contributed by atoms with van der Waals surface area (Å²) in [5.74, 6) is 0.0889. The van der Waals surface area contributed by atoms with Crippen LogP contribution in [0.2, 0.25) is 0 Å². The second-order valence-electron chi connectivity index (χ2n) is 7.93. The number of morpholine rings is 1. The predicted octanol–water partition coefficient (Wildman–Crippen LogP) is 2.70. The van der Waals surface area contributed by atoms with E-state index < -0.39 is 11.8 Å². The molecule has 1 aromatic heterocycles. The van der Waals surface area contributed by atoms with Crippen LogP contribution in [-0.4, -0.2) is 64.6 Å². The zero-order valence-corrected chi connectivity index (χ0v) is 18.4. The Morgan fingerprint density at radius 1 is 0.939 bits per heavy atom. The molecule has 2 N–H and O–H groups in total. The van der Waals surface area contributed by atoms with E-state index in [9.17, 15) is 9.59 Å². The van der Waals surface area contributed by atoms with Crippen LogP contribution >= 0.6 is 0 Å². The highest BCUT2D eigenvalue weighted by atomic mass is 16.5. The molecule has 0 radical (unpaired) electrons. The smallest absolute Gasteiger partial charge is 0.280 e. The molecule has 2 amide bonds. The van der Waals surface area contributed by atoms with E-state index in [0.29, 0.717) is 61.3 Å². The summed E-state index contributed by atoms with van der Waals surface area (Å²) >= 11 is 0. The van der Waals surface area contributed by atoms with Gasteiger partial charge < -0.3 is 15.0 Å². The molecular formula is C23H25N7O3. The molecule has 10 heteroatoms. The molecule has 170 valence electrons. The minimum absolute atomic E-state index is 0.124. The van der Waals surface area contributed by atoms with Crippen LogP contribution in [0.5, 0.6) is 0 Å². The van der Waals surface area contributed by atoms with E-state index in [0.717, 1.165) is 23.2 Å². The van der Waals surface area contributed by atoms with Crippen LogP contribution < -0.4 is 15.6 Å². The van der Waals surface area contributed by atoms with Crippen LogP contribution in [0.25, 0.3) is 10.8 Å². The van der Waals surface area contributed by atoms with Gasteiger partial charge in [-0.3, -0.25) is 15.0 Å². The maximum atomic E-state index is 13.2. The zero-order chi connectivity index (χ0) is 22.8. The van der Waals surface area contributed by atoms with Gasteiger partial charge in [0.1, 0.15) is 0 Å². The molecule has 1 fully saturated rings. The summed E-state index contributed by atoms with van der Waals surface area (Å²) in [6.07, 6.45) is 1.99. The first-order valence-electron chi connectivity index (χ1n) is 11.2. The molecule has 0 unspecified atom stereocenters. The highest BCUT2D eigenvalue weighted by Crippen LogP contribution is 2.30. The summed E-state index contributed by atoms with van der Waals surface area (Å²) < 4.78 is 5.43. The van der Waals surface area contributed by atoms with Crippen molar-refractivity contribution >= 4 is 40.4 Å². The van der Waals surface area contributed by atoms with Gasteiger partial charge >= 0.3 is 0 Å². The van der Waals surface area contributed by atoms with Crippen molar-refractivity contribution in [2.24, 2.45) is 0 Å². The molecule has 5 rings (SSSR count). The van der Waals surface area contributed by atoms with Crippen LogP contribution in [0.3, 0.4) is 0 Å². The molecule has 0 spiro atoms. The SMILES string of the molecule is CCCCNc1nc(NN2C(=O)c3cccc4cccc(c34)C2=O)nc(N2CCOCC2)n1. The fourth-order valence-electron chi connectivity index (χ4n) is 4.01. The van der Waals surface area contributed by atoms with E-state index in [-0.39, 0.29) is 5.95 Å². The topological polar surface area (TPSA) is 113 Å². The van der Waals surface area contributed by atoms with Gasteiger partial charge in [-0.2, -0.15) is 20.0 Å². The molecule has 3 aromatic rings. The van der Waals surface area contributed by atoms with E-state index in [2.05, 4.69) is 32.6 Å². The van der Waals surface area contributed by atoms with Crippen LogP contribution in [0.4, 0.5) is 17.8 Å². The molecule has 10 nitrogen and oxygen atoms in total. The van der Waals surface area contributed by atoms with Gasteiger partial charge in [0, 0.05) is 25.0 Å². The summed E-state index contributed by atoms with van der Waals surface area (Å²) in [6, 6.07) is 10.8. The van der Waals surface area contributed by atoms with Gasteiger partial charge in [0.2, 0.25) is 17.8 Å². The number of imide groups is 1. The van der Waals surface area contributed by atoms with Crippen molar-refractivity contribution in [1.29, 1.82) is 0 Å². The third kappa shape index (κ3) is 4.05. The Bertz CT molecular complexity index is 1160. The molecule has 2 aliphatic heterocycles. The monoisotopic (exact) mass is 447 g/mol. The van der Waals surface area contributed by atoms with E-state index in [1.807, 2.05) is 29.2 Å². The van der Waals surface area contributed by atoms with E-state index in [1.54, 1.807) is 12.1 Å². The molecule has 3 heterocycles. The molecule has 0 saturated carbocycles. The van der Waals surface area contributed by atoms with Gasteiger partial charge in [-0.05, 0) is 23.9 Å². The second-order valence-corrected chi connectivity index (χ2v) is 7.93. The number of carbonyl (C=O) groups excluding carboxylic acids is 2. The van der Waals surface area contributed by atoms with Crippen molar-refractivity contribution in [3.05, 3.63) is 47.5 Å². The summed E-state index contributed by atoms with van der Waals surface area (Å²) in [4.78, 5) is 41.9. The van der Waals surface area contributed by atoms with Gasteiger partial charge in [-0.25, -0.2) is 0 Å². The summed E-state index contributed by atoms with van der Waals surface area (Å²) in [5.41, 5.74) is 3.76. The highest BCUT2D eigenvalue weighted by molar-refractivity contribution is 6.25. The first kappa shape index (κ1) is 21.1. The Kier molecular flexibility index (Phi) is 5.74. The summed E-state index contributed by atoms with van der Waals surface area (Å²) in [6.45, 7) is 5.27. The third-order valence-corrected chi connectivity index (χ3v) is 5.71. The number of nitrogens with zero attached hydrogens (tertiary/aromatic N) is 5. The standard InChI is InChI=1S/C23H25N7O3/c1-2-3-10-24-21-25-22(27-23(26-21)29-11-13-33-14-12-29)28-30-19(31)16-8-4-6-15-7-5-9-17(18(15)16)20(30)32/h4-9H,2-3,10-14H2,1H3,(H2,24,25,26,27,28). The normalized spacial score (nSPS) is 15.8. The Labute approximate surface area is 190 Å². The third-order valence-electron chi connectivity index (χ3n) is 5.71. The van der Waals surface area contributed by atoms with Gasteiger partial charge in [-0.15, -0.1) is 0 Å². The highest BCUT2D eigenvalue weighted by Gasteiger charge is 2.34. The second kappa shape index (κ2) is 8.99. The number of nitrogens with one attached hydrogen (secondary N) is 2. The number of unbranched alkanes of at least 4 members (excludes halogenated alkanes) is 1. The van der Waals surface area contributed by atoms with Crippen LogP contribution in [0.1, 0.15) is 40.5 Å². The van der Waals surface area contributed by atoms with E-state index >= 15 is 0 Å².